The summed E-state index contributed by atoms with van der Waals surface area (Å²) in [7, 11) is 0. The molecule has 0 aliphatic carbocycles. The Balaban J connectivity index is 2.55. The van der Waals surface area contributed by atoms with Crippen LogP contribution < -0.4 is 0 Å². The number of hydrogen-bond acceptors (Lipinski definition) is 3. The van der Waals surface area contributed by atoms with Gasteiger partial charge < -0.3 is 15.1 Å². The Kier molecular flexibility index (Phi) is 2.87. The molecule has 74 valence electrons. The van der Waals surface area contributed by atoms with Gasteiger partial charge in [-0.25, -0.2) is 4.79 Å². The van der Waals surface area contributed by atoms with Gasteiger partial charge in [-0.15, -0.1) is 0 Å². The summed E-state index contributed by atoms with van der Waals surface area (Å²) in [5, 5.41) is 17.8. The fourth-order valence-corrected chi connectivity index (χ4v) is 1.37. The number of rotatable bonds is 0. The Morgan fingerprint density at radius 3 is 2.54 bits per heavy atom. The molecule has 5 heteroatoms. The van der Waals surface area contributed by atoms with Gasteiger partial charge in [0.1, 0.15) is 0 Å². The summed E-state index contributed by atoms with van der Waals surface area (Å²) in [4.78, 5) is 22.5. The Hall–Kier alpha value is -1.10. The predicted molar refractivity (Wildman–Crippen MR) is 44.0 cm³/mol. The molecular weight excluding hydrogens is 174 g/mol. The lowest BCUT2D eigenvalue weighted by atomic mass is 9.96. The zero-order valence-electron chi connectivity index (χ0n) is 7.43. The highest BCUT2D eigenvalue weighted by Crippen LogP contribution is 2.16. The molecule has 1 saturated heterocycles. The van der Waals surface area contributed by atoms with Crippen molar-refractivity contribution >= 4 is 11.9 Å². The maximum absolute atomic E-state index is 11.0. The maximum atomic E-state index is 11.0. The molecule has 13 heavy (non-hydrogen) atoms. The van der Waals surface area contributed by atoms with Crippen LogP contribution in [-0.4, -0.2) is 46.2 Å². The highest BCUT2D eigenvalue weighted by atomic mass is 16.4. The molecule has 1 aliphatic heterocycles. The Morgan fingerprint density at radius 1 is 1.46 bits per heavy atom. The average molecular weight is 187 g/mol. The fraction of sp³-hybridized carbons (Fsp3) is 0.750. The van der Waals surface area contributed by atoms with Crippen LogP contribution in [0.4, 0.5) is 0 Å². The number of likely N-dealkylation sites (tertiary alicyclic amines) is 1. The molecule has 1 rings (SSSR count). The first-order chi connectivity index (χ1) is 6.02. The highest BCUT2D eigenvalue weighted by Gasteiger charge is 2.30. The first-order valence-corrected chi connectivity index (χ1v) is 4.22. The second kappa shape index (κ2) is 3.74. The monoisotopic (exact) mass is 187 g/mol. The number of carboxylic acid groups (broad SMARTS) is 1. The lowest BCUT2D eigenvalue weighted by Gasteiger charge is -2.33. The largest absolute Gasteiger partial charge is 0.474 e. The van der Waals surface area contributed by atoms with Crippen molar-refractivity contribution in [2.75, 3.05) is 13.1 Å². The van der Waals surface area contributed by atoms with E-state index in [1.165, 1.54) is 4.90 Å². The van der Waals surface area contributed by atoms with Crippen molar-refractivity contribution in [3.05, 3.63) is 0 Å². The number of aliphatic carboxylic acids is 1. The molecule has 0 bridgehead atoms. The molecule has 1 aliphatic rings. The number of hydrogen-bond donors (Lipinski definition) is 2. The number of carbonyl (C=O) groups excluding carboxylic acids is 1. The van der Waals surface area contributed by atoms with Crippen LogP contribution in [0.15, 0.2) is 0 Å². The fourth-order valence-electron chi connectivity index (χ4n) is 1.37. The minimum atomic E-state index is -1.46. The number of amides is 1. The Morgan fingerprint density at radius 2 is 2.08 bits per heavy atom. The van der Waals surface area contributed by atoms with Crippen molar-refractivity contribution in [2.24, 2.45) is 5.92 Å². The normalized spacial score (nSPS) is 28.6. The summed E-state index contributed by atoms with van der Waals surface area (Å²) in [6.45, 7) is 2.43. The van der Waals surface area contributed by atoms with Crippen LogP contribution in [0.2, 0.25) is 0 Å². The zero-order valence-corrected chi connectivity index (χ0v) is 7.43. The van der Waals surface area contributed by atoms with E-state index in [1.807, 2.05) is 6.92 Å². The lowest BCUT2D eigenvalue weighted by molar-refractivity contribution is -0.158. The van der Waals surface area contributed by atoms with E-state index in [-0.39, 0.29) is 12.5 Å². The Labute approximate surface area is 76.0 Å². The van der Waals surface area contributed by atoms with Crippen molar-refractivity contribution < 1.29 is 19.8 Å². The van der Waals surface area contributed by atoms with Crippen molar-refractivity contribution in [2.45, 2.75) is 19.4 Å². The number of aliphatic hydroxyl groups excluding tert-OH is 1. The summed E-state index contributed by atoms with van der Waals surface area (Å²) >= 11 is 0. The molecule has 0 aromatic rings. The number of β-amino-alcohol motifs (C(OH)–C–C–N with tert-alkyl or cyclic N) is 1. The summed E-state index contributed by atoms with van der Waals surface area (Å²) in [5.41, 5.74) is 0. The van der Waals surface area contributed by atoms with Crippen molar-refractivity contribution in [3.63, 3.8) is 0 Å². The van der Waals surface area contributed by atoms with Crippen molar-refractivity contribution in [1.29, 1.82) is 0 Å². The molecule has 0 aromatic heterocycles. The van der Waals surface area contributed by atoms with Crippen LogP contribution >= 0.6 is 0 Å². The average Bonchev–Trinajstić information content (AvgIpc) is 2.08. The third kappa shape index (κ3) is 2.18. The van der Waals surface area contributed by atoms with Gasteiger partial charge in [0, 0.05) is 13.1 Å². The van der Waals surface area contributed by atoms with Crippen LogP contribution in [-0.2, 0) is 9.59 Å². The number of carboxylic acids is 1. The van der Waals surface area contributed by atoms with E-state index in [9.17, 15) is 14.7 Å². The van der Waals surface area contributed by atoms with Crippen LogP contribution in [0.5, 0.6) is 0 Å². The number of aliphatic hydroxyl groups is 1. The maximum Gasteiger partial charge on any atom is 0.394 e. The lowest BCUT2D eigenvalue weighted by Crippen LogP contribution is -2.48. The molecular formula is C8H13NO4. The van der Waals surface area contributed by atoms with Crippen molar-refractivity contribution in [3.8, 4) is 0 Å². The molecule has 5 nitrogen and oxygen atoms in total. The van der Waals surface area contributed by atoms with Crippen LogP contribution in [0.25, 0.3) is 0 Å². The van der Waals surface area contributed by atoms with E-state index in [0.717, 1.165) is 0 Å². The predicted octanol–water partition coefficient (Wildman–Crippen LogP) is -0.700. The van der Waals surface area contributed by atoms with Crippen LogP contribution in [0, 0.1) is 5.92 Å². The van der Waals surface area contributed by atoms with E-state index in [4.69, 9.17) is 5.11 Å². The van der Waals surface area contributed by atoms with Gasteiger partial charge in [0.25, 0.3) is 0 Å². The number of carbonyl (C=O) groups is 2. The SMILES string of the molecule is CC1CCN(C(=O)C(=O)O)CC1O. The van der Waals surface area contributed by atoms with Gasteiger partial charge in [-0.05, 0) is 12.3 Å². The topological polar surface area (TPSA) is 77.8 Å². The van der Waals surface area contributed by atoms with Gasteiger partial charge in [-0.2, -0.15) is 0 Å². The zero-order chi connectivity index (χ0) is 10.0. The van der Waals surface area contributed by atoms with Crippen LogP contribution in [0.3, 0.4) is 0 Å². The summed E-state index contributed by atoms with van der Waals surface area (Å²) in [5.74, 6) is -2.24. The van der Waals surface area contributed by atoms with Gasteiger partial charge in [-0.3, -0.25) is 4.79 Å². The standard InChI is InChI=1S/C8H13NO4/c1-5-2-3-9(4-6(5)10)7(11)8(12)13/h5-6,10H,2-4H2,1H3,(H,12,13). The Bertz CT molecular complexity index is 228. The smallest absolute Gasteiger partial charge is 0.394 e. The third-order valence-electron chi connectivity index (χ3n) is 2.39. The number of nitrogens with zero attached hydrogens (tertiary/aromatic N) is 1. The third-order valence-corrected chi connectivity index (χ3v) is 2.39. The molecule has 0 spiro atoms. The molecule has 0 radical (unpaired) electrons. The first kappa shape index (κ1) is 9.98. The molecule has 0 saturated carbocycles. The van der Waals surface area contributed by atoms with E-state index < -0.39 is 18.0 Å². The molecule has 2 unspecified atom stereocenters. The second-order valence-electron chi connectivity index (χ2n) is 3.39. The van der Waals surface area contributed by atoms with Gasteiger partial charge in [-0.1, -0.05) is 6.92 Å². The van der Waals surface area contributed by atoms with E-state index >= 15 is 0 Å². The summed E-state index contributed by atoms with van der Waals surface area (Å²) in [6, 6.07) is 0. The molecule has 0 aromatic carbocycles. The van der Waals surface area contributed by atoms with Gasteiger partial charge >= 0.3 is 11.9 Å². The molecule has 2 atom stereocenters. The van der Waals surface area contributed by atoms with Crippen molar-refractivity contribution in [1.82, 2.24) is 4.90 Å². The van der Waals surface area contributed by atoms with Crippen LogP contribution in [0.1, 0.15) is 13.3 Å². The quantitative estimate of drug-likeness (QED) is 0.491. The van der Waals surface area contributed by atoms with E-state index in [1.54, 1.807) is 0 Å². The minimum absolute atomic E-state index is 0.131. The second-order valence-corrected chi connectivity index (χ2v) is 3.39. The number of piperidine rings is 1. The molecule has 1 heterocycles. The molecule has 2 N–H and O–H groups in total. The van der Waals surface area contributed by atoms with Gasteiger partial charge in [0.15, 0.2) is 0 Å². The van der Waals surface area contributed by atoms with Gasteiger partial charge in [0.05, 0.1) is 6.10 Å². The van der Waals surface area contributed by atoms with E-state index in [2.05, 4.69) is 0 Å². The minimum Gasteiger partial charge on any atom is -0.474 e. The van der Waals surface area contributed by atoms with Gasteiger partial charge in [0.2, 0.25) is 0 Å². The summed E-state index contributed by atoms with van der Waals surface area (Å²) < 4.78 is 0. The molecule has 1 fully saturated rings. The molecule has 1 amide bonds. The first-order valence-electron chi connectivity index (χ1n) is 4.22. The van der Waals surface area contributed by atoms with E-state index in [0.29, 0.717) is 13.0 Å². The summed E-state index contributed by atoms with van der Waals surface area (Å²) in [6.07, 6.45) is 0.0530. The highest BCUT2D eigenvalue weighted by molar-refractivity contribution is 6.31.